The molecule has 1 aliphatic rings. The van der Waals surface area contributed by atoms with Crippen LogP contribution in [0, 0.1) is 5.41 Å². The summed E-state index contributed by atoms with van der Waals surface area (Å²) in [5.41, 5.74) is 1.39. The van der Waals surface area contributed by atoms with Gasteiger partial charge in [-0.25, -0.2) is 0 Å². The van der Waals surface area contributed by atoms with Gasteiger partial charge in [0.15, 0.2) is 0 Å². The third kappa shape index (κ3) is 3.24. The highest BCUT2D eigenvalue weighted by atomic mass is 35.5. The first kappa shape index (κ1) is 13.4. The van der Waals surface area contributed by atoms with Crippen LogP contribution in [0.15, 0.2) is 18.2 Å². The topological polar surface area (TPSA) is 12.0 Å². The minimum atomic E-state index is 0.331. The molecule has 4 heteroatoms. The van der Waals surface area contributed by atoms with Gasteiger partial charge in [0.2, 0.25) is 0 Å². The summed E-state index contributed by atoms with van der Waals surface area (Å²) in [7, 11) is 0. The molecule has 1 atom stereocenters. The van der Waals surface area contributed by atoms with Crippen molar-refractivity contribution in [1.29, 1.82) is 0 Å². The van der Waals surface area contributed by atoms with E-state index in [-0.39, 0.29) is 0 Å². The van der Waals surface area contributed by atoms with Crippen molar-refractivity contribution in [1.82, 2.24) is 0 Å². The second kappa shape index (κ2) is 5.29. The molecule has 2 rings (SSSR count). The first-order valence-corrected chi connectivity index (χ1v) is 7.69. The minimum absolute atomic E-state index is 0.331. The Bertz CT molecular complexity index is 406. The third-order valence-electron chi connectivity index (χ3n) is 3.38. The number of nitrogens with one attached hydrogen (secondary N) is 1. The van der Waals surface area contributed by atoms with Crippen LogP contribution in [0.2, 0.25) is 10.0 Å². The minimum Gasteiger partial charge on any atom is -0.381 e. The fourth-order valence-electron chi connectivity index (χ4n) is 1.96. The Labute approximate surface area is 117 Å². The van der Waals surface area contributed by atoms with E-state index in [1.165, 1.54) is 12.2 Å². The Morgan fingerprint density at radius 3 is 2.71 bits per heavy atom. The Morgan fingerprint density at radius 1 is 1.29 bits per heavy atom. The molecular formula is C13H17Cl2NS. The van der Waals surface area contributed by atoms with Crippen LogP contribution in [0.25, 0.3) is 0 Å². The van der Waals surface area contributed by atoms with Gasteiger partial charge in [0.25, 0.3) is 0 Å². The maximum Gasteiger partial charge on any atom is 0.0612 e. The standard InChI is InChI=1S/C13H17Cl2NS/c1-13(2)5-6-17-8-12(13)16-9-3-4-10(14)11(15)7-9/h3-4,7,12,16H,5-6,8H2,1-2H3. The van der Waals surface area contributed by atoms with E-state index in [4.69, 9.17) is 23.2 Å². The van der Waals surface area contributed by atoms with Crippen molar-refractivity contribution >= 4 is 40.7 Å². The molecule has 0 saturated carbocycles. The number of rotatable bonds is 2. The molecule has 0 amide bonds. The van der Waals surface area contributed by atoms with Crippen LogP contribution >= 0.6 is 35.0 Å². The molecule has 17 heavy (non-hydrogen) atoms. The molecule has 0 aromatic heterocycles. The average Bonchev–Trinajstić information content (AvgIpc) is 2.26. The molecule has 1 unspecified atom stereocenters. The van der Waals surface area contributed by atoms with Gasteiger partial charge in [0, 0.05) is 17.5 Å². The van der Waals surface area contributed by atoms with E-state index in [0.29, 0.717) is 21.5 Å². The summed E-state index contributed by atoms with van der Waals surface area (Å²) in [4.78, 5) is 0. The van der Waals surface area contributed by atoms with Crippen LogP contribution in [-0.2, 0) is 0 Å². The molecule has 1 aromatic rings. The van der Waals surface area contributed by atoms with Gasteiger partial charge in [-0.15, -0.1) is 0 Å². The molecule has 1 nitrogen and oxygen atoms in total. The lowest BCUT2D eigenvalue weighted by Crippen LogP contribution is -2.41. The predicted octanol–water partition coefficient (Wildman–Crippen LogP) is 4.94. The SMILES string of the molecule is CC1(C)CCSCC1Nc1ccc(Cl)c(Cl)c1. The fourth-order valence-corrected chi connectivity index (χ4v) is 3.87. The predicted molar refractivity (Wildman–Crippen MR) is 79.6 cm³/mol. The highest BCUT2D eigenvalue weighted by molar-refractivity contribution is 7.99. The van der Waals surface area contributed by atoms with E-state index < -0.39 is 0 Å². The lowest BCUT2D eigenvalue weighted by Gasteiger charge is -2.39. The number of halogens is 2. The molecule has 0 bridgehead atoms. The summed E-state index contributed by atoms with van der Waals surface area (Å²) in [5.74, 6) is 2.40. The first-order chi connectivity index (χ1) is 7.99. The van der Waals surface area contributed by atoms with E-state index in [2.05, 4.69) is 19.2 Å². The van der Waals surface area contributed by atoms with Gasteiger partial charge in [-0.1, -0.05) is 37.0 Å². The van der Waals surface area contributed by atoms with Crippen LogP contribution in [0.4, 0.5) is 5.69 Å². The molecule has 1 N–H and O–H groups in total. The van der Waals surface area contributed by atoms with Crippen LogP contribution in [0.3, 0.4) is 0 Å². The lowest BCUT2D eigenvalue weighted by atomic mass is 9.82. The van der Waals surface area contributed by atoms with Crippen molar-refractivity contribution in [2.45, 2.75) is 26.3 Å². The van der Waals surface area contributed by atoms with Gasteiger partial charge < -0.3 is 5.32 Å². The van der Waals surface area contributed by atoms with Gasteiger partial charge in [-0.3, -0.25) is 0 Å². The monoisotopic (exact) mass is 289 g/mol. The molecular weight excluding hydrogens is 273 g/mol. The van der Waals surface area contributed by atoms with Gasteiger partial charge in [-0.05, 0) is 35.8 Å². The van der Waals surface area contributed by atoms with Crippen LogP contribution in [-0.4, -0.2) is 17.5 Å². The van der Waals surface area contributed by atoms with Crippen molar-refractivity contribution < 1.29 is 0 Å². The third-order valence-corrected chi connectivity index (χ3v) is 5.18. The molecule has 0 spiro atoms. The second-order valence-corrected chi connectivity index (χ2v) is 7.10. The number of anilines is 1. The number of hydrogen-bond donors (Lipinski definition) is 1. The van der Waals surface area contributed by atoms with Crippen molar-refractivity contribution in [3.63, 3.8) is 0 Å². The molecule has 1 saturated heterocycles. The summed E-state index contributed by atoms with van der Waals surface area (Å²) in [6.45, 7) is 4.64. The molecule has 1 fully saturated rings. The average molecular weight is 290 g/mol. The van der Waals surface area contributed by atoms with E-state index in [9.17, 15) is 0 Å². The maximum absolute atomic E-state index is 6.03. The summed E-state index contributed by atoms with van der Waals surface area (Å²) < 4.78 is 0. The largest absolute Gasteiger partial charge is 0.381 e. The van der Waals surface area contributed by atoms with E-state index in [1.54, 1.807) is 0 Å². The Hall–Kier alpha value is -0.0500. The summed E-state index contributed by atoms with van der Waals surface area (Å²) in [6, 6.07) is 6.22. The zero-order valence-corrected chi connectivity index (χ0v) is 12.4. The van der Waals surface area contributed by atoms with Crippen molar-refractivity contribution in [3.8, 4) is 0 Å². The summed E-state index contributed by atoms with van der Waals surface area (Å²) >= 11 is 14.0. The van der Waals surface area contributed by atoms with Gasteiger partial charge in [0.05, 0.1) is 10.0 Å². The second-order valence-electron chi connectivity index (χ2n) is 5.14. The summed E-state index contributed by atoms with van der Waals surface area (Å²) in [6.07, 6.45) is 1.25. The van der Waals surface area contributed by atoms with Crippen LogP contribution < -0.4 is 5.32 Å². The van der Waals surface area contributed by atoms with Gasteiger partial charge in [-0.2, -0.15) is 11.8 Å². The molecule has 1 heterocycles. The first-order valence-electron chi connectivity index (χ1n) is 5.78. The molecule has 0 aliphatic carbocycles. The van der Waals surface area contributed by atoms with E-state index in [0.717, 1.165) is 11.4 Å². The summed E-state index contributed by atoms with van der Waals surface area (Å²) in [5, 5.41) is 4.79. The van der Waals surface area contributed by atoms with Crippen LogP contribution in [0.5, 0.6) is 0 Å². The highest BCUT2D eigenvalue weighted by Gasteiger charge is 2.32. The normalized spacial score (nSPS) is 23.4. The molecule has 94 valence electrons. The molecule has 1 aliphatic heterocycles. The molecule has 0 radical (unpaired) electrons. The lowest BCUT2D eigenvalue weighted by molar-refractivity contribution is 0.305. The van der Waals surface area contributed by atoms with E-state index >= 15 is 0 Å². The maximum atomic E-state index is 6.03. The smallest absolute Gasteiger partial charge is 0.0612 e. The number of benzene rings is 1. The van der Waals surface area contributed by atoms with Crippen molar-refractivity contribution in [2.24, 2.45) is 5.41 Å². The van der Waals surface area contributed by atoms with Crippen LogP contribution in [0.1, 0.15) is 20.3 Å². The van der Waals surface area contributed by atoms with Gasteiger partial charge >= 0.3 is 0 Å². The zero-order chi connectivity index (χ0) is 12.5. The fraction of sp³-hybridized carbons (Fsp3) is 0.538. The number of hydrogen-bond acceptors (Lipinski definition) is 2. The quantitative estimate of drug-likeness (QED) is 0.828. The van der Waals surface area contributed by atoms with Crippen molar-refractivity contribution in [2.75, 3.05) is 16.8 Å². The van der Waals surface area contributed by atoms with Crippen molar-refractivity contribution in [3.05, 3.63) is 28.2 Å². The zero-order valence-electron chi connectivity index (χ0n) is 10.1. The highest BCUT2D eigenvalue weighted by Crippen LogP contribution is 2.36. The Balaban J connectivity index is 2.11. The van der Waals surface area contributed by atoms with E-state index in [1.807, 2.05) is 30.0 Å². The Morgan fingerprint density at radius 2 is 2.06 bits per heavy atom. The number of thioether (sulfide) groups is 1. The Kier molecular flexibility index (Phi) is 4.17. The van der Waals surface area contributed by atoms with Gasteiger partial charge in [0.1, 0.15) is 0 Å². The molecule has 1 aromatic carbocycles.